The van der Waals surface area contributed by atoms with E-state index in [2.05, 4.69) is 10.3 Å². The lowest BCUT2D eigenvalue weighted by Crippen LogP contribution is -2.13. The molecule has 0 aliphatic carbocycles. The minimum atomic E-state index is -0.359. The van der Waals surface area contributed by atoms with E-state index in [0.717, 1.165) is 18.5 Å². The summed E-state index contributed by atoms with van der Waals surface area (Å²) < 4.78 is 12.9. The molecule has 0 aromatic carbocycles. The van der Waals surface area contributed by atoms with Crippen molar-refractivity contribution >= 4 is 0 Å². The van der Waals surface area contributed by atoms with Crippen molar-refractivity contribution in [3.8, 4) is 0 Å². The summed E-state index contributed by atoms with van der Waals surface area (Å²) >= 11 is 0. The van der Waals surface area contributed by atoms with E-state index in [1.54, 1.807) is 13.1 Å². The van der Waals surface area contributed by atoms with E-state index in [9.17, 15) is 4.39 Å². The molecule has 1 fully saturated rings. The summed E-state index contributed by atoms with van der Waals surface area (Å²) in [5.41, 5.74) is 1.74. The Morgan fingerprint density at radius 2 is 2.46 bits per heavy atom. The quantitative estimate of drug-likeness (QED) is 0.668. The van der Waals surface area contributed by atoms with Gasteiger partial charge in [0.2, 0.25) is 5.95 Å². The van der Waals surface area contributed by atoms with Crippen LogP contribution in [0.5, 0.6) is 0 Å². The first-order chi connectivity index (χ1) is 6.27. The van der Waals surface area contributed by atoms with Crippen molar-refractivity contribution in [2.75, 3.05) is 6.54 Å². The highest BCUT2D eigenvalue weighted by Gasteiger charge is 2.16. The SMILES string of the molecule is Cc1cc(C2CCCN2)cnc1F. The Hall–Kier alpha value is -0.960. The van der Waals surface area contributed by atoms with Crippen molar-refractivity contribution in [3.63, 3.8) is 0 Å². The van der Waals surface area contributed by atoms with E-state index in [-0.39, 0.29) is 5.95 Å². The molecule has 1 atom stereocenters. The number of nitrogens with one attached hydrogen (secondary N) is 1. The first kappa shape index (κ1) is 8.63. The third-order valence-corrected chi connectivity index (χ3v) is 2.50. The van der Waals surface area contributed by atoms with Crippen LogP contribution in [0.3, 0.4) is 0 Å². The van der Waals surface area contributed by atoms with Gasteiger partial charge in [0.05, 0.1) is 0 Å². The predicted octanol–water partition coefficient (Wildman–Crippen LogP) is 1.95. The molecule has 1 aromatic heterocycles. The second-order valence-corrected chi connectivity index (χ2v) is 3.53. The lowest BCUT2D eigenvalue weighted by molar-refractivity contribution is 0.566. The third kappa shape index (κ3) is 1.70. The number of hydrogen-bond acceptors (Lipinski definition) is 2. The van der Waals surface area contributed by atoms with Crippen LogP contribution in [0.2, 0.25) is 0 Å². The van der Waals surface area contributed by atoms with Crippen LogP contribution in [-0.2, 0) is 0 Å². The van der Waals surface area contributed by atoms with Crippen LogP contribution < -0.4 is 5.32 Å². The second kappa shape index (κ2) is 3.42. The van der Waals surface area contributed by atoms with Crippen LogP contribution >= 0.6 is 0 Å². The van der Waals surface area contributed by atoms with Crippen molar-refractivity contribution in [2.24, 2.45) is 0 Å². The van der Waals surface area contributed by atoms with Crippen LogP contribution in [-0.4, -0.2) is 11.5 Å². The van der Waals surface area contributed by atoms with Gasteiger partial charge in [-0.25, -0.2) is 4.98 Å². The highest BCUT2D eigenvalue weighted by Crippen LogP contribution is 2.23. The van der Waals surface area contributed by atoms with E-state index in [4.69, 9.17) is 0 Å². The summed E-state index contributed by atoms with van der Waals surface area (Å²) in [5.74, 6) is -0.359. The molecule has 2 heterocycles. The zero-order valence-electron chi connectivity index (χ0n) is 7.68. The maximum absolute atomic E-state index is 12.9. The summed E-state index contributed by atoms with van der Waals surface area (Å²) in [6, 6.07) is 2.26. The van der Waals surface area contributed by atoms with Crippen LogP contribution in [0.4, 0.5) is 4.39 Å². The monoisotopic (exact) mass is 180 g/mol. The van der Waals surface area contributed by atoms with Crippen LogP contribution in [0.25, 0.3) is 0 Å². The Kier molecular flexibility index (Phi) is 2.27. The van der Waals surface area contributed by atoms with Crippen molar-refractivity contribution in [3.05, 3.63) is 29.3 Å². The fourth-order valence-electron chi connectivity index (χ4n) is 1.74. The molecular weight excluding hydrogens is 167 g/mol. The number of halogens is 1. The molecule has 2 rings (SSSR count). The molecule has 1 unspecified atom stereocenters. The molecule has 70 valence electrons. The maximum atomic E-state index is 12.9. The van der Waals surface area contributed by atoms with Crippen molar-refractivity contribution in [1.29, 1.82) is 0 Å². The summed E-state index contributed by atoms with van der Waals surface area (Å²) in [6.07, 6.45) is 3.96. The van der Waals surface area contributed by atoms with Gasteiger partial charge in [-0.05, 0) is 37.9 Å². The predicted molar refractivity (Wildman–Crippen MR) is 48.9 cm³/mol. The van der Waals surface area contributed by atoms with E-state index >= 15 is 0 Å². The Morgan fingerprint density at radius 3 is 3.08 bits per heavy atom. The molecule has 1 aromatic rings. The fourth-order valence-corrected chi connectivity index (χ4v) is 1.74. The average Bonchev–Trinajstić information content (AvgIpc) is 2.62. The highest BCUT2D eigenvalue weighted by molar-refractivity contribution is 5.21. The molecule has 1 saturated heterocycles. The number of hydrogen-bond donors (Lipinski definition) is 1. The van der Waals surface area contributed by atoms with Crippen molar-refractivity contribution in [2.45, 2.75) is 25.8 Å². The van der Waals surface area contributed by atoms with Gasteiger partial charge in [-0.2, -0.15) is 4.39 Å². The topological polar surface area (TPSA) is 24.9 Å². The number of aryl methyl sites for hydroxylation is 1. The minimum Gasteiger partial charge on any atom is -0.310 e. The van der Waals surface area contributed by atoms with Gasteiger partial charge in [0.25, 0.3) is 0 Å². The maximum Gasteiger partial charge on any atom is 0.215 e. The van der Waals surface area contributed by atoms with Gasteiger partial charge in [0.15, 0.2) is 0 Å². The van der Waals surface area contributed by atoms with Gasteiger partial charge < -0.3 is 5.32 Å². The molecule has 1 aliphatic rings. The number of aromatic nitrogens is 1. The third-order valence-electron chi connectivity index (χ3n) is 2.50. The average molecular weight is 180 g/mol. The molecule has 0 amide bonds. The zero-order chi connectivity index (χ0) is 9.26. The van der Waals surface area contributed by atoms with Gasteiger partial charge in [0, 0.05) is 17.8 Å². The van der Waals surface area contributed by atoms with E-state index in [1.807, 2.05) is 6.07 Å². The fraction of sp³-hybridized carbons (Fsp3) is 0.500. The molecule has 0 spiro atoms. The Labute approximate surface area is 77.2 Å². The lowest BCUT2D eigenvalue weighted by atomic mass is 10.1. The minimum absolute atomic E-state index is 0.359. The molecule has 13 heavy (non-hydrogen) atoms. The van der Waals surface area contributed by atoms with E-state index in [1.165, 1.54) is 6.42 Å². The first-order valence-corrected chi connectivity index (χ1v) is 4.63. The molecule has 3 heteroatoms. The summed E-state index contributed by atoms with van der Waals surface area (Å²) in [6.45, 7) is 2.81. The molecule has 1 N–H and O–H groups in total. The Bertz CT molecular complexity index is 306. The second-order valence-electron chi connectivity index (χ2n) is 3.53. The standard InChI is InChI=1S/C10H13FN2/c1-7-5-8(6-13-10(7)11)9-3-2-4-12-9/h5-6,9,12H,2-4H2,1H3. The lowest BCUT2D eigenvalue weighted by Gasteiger charge is -2.10. The van der Waals surface area contributed by atoms with Crippen molar-refractivity contribution < 1.29 is 4.39 Å². The largest absolute Gasteiger partial charge is 0.310 e. The van der Waals surface area contributed by atoms with Crippen LogP contribution in [0.15, 0.2) is 12.3 Å². The number of nitrogens with zero attached hydrogens (tertiary/aromatic N) is 1. The molecular formula is C10H13FN2. The van der Waals surface area contributed by atoms with Crippen LogP contribution in [0, 0.1) is 12.9 Å². The van der Waals surface area contributed by atoms with E-state index in [0.29, 0.717) is 11.6 Å². The molecule has 0 radical (unpaired) electrons. The van der Waals surface area contributed by atoms with Crippen molar-refractivity contribution in [1.82, 2.24) is 10.3 Å². The van der Waals surface area contributed by atoms with Crippen LogP contribution in [0.1, 0.15) is 30.0 Å². The van der Waals surface area contributed by atoms with Gasteiger partial charge in [-0.3, -0.25) is 0 Å². The smallest absolute Gasteiger partial charge is 0.215 e. The first-order valence-electron chi connectivity index (χ1n) is 4.63. The number of pyridine rings is 1. The van der Waals surface area contributed by atoms with E-state index < -0.39 is 0 Å². The van der Waals surface area contributed by atoms with Gasteiger partial charge >= 0.3 is 0 Å². The Morgan fingerprint density at radius 1 is 1.62 bits per heavy atom. The van der Waals surface area contributed by atoms with Gasteiger partial charge in [-0.15, -0.1) is 0 Å². The molecule has 0 bridgehead atoms. The summed E-state index contributed by atoms with van der Waals surface area (Å²) in [7, 11) is 0. The highest BCUT2D eigenvalue weighted by atomic mass is 19.1. The molecule has 2 nitrogen and oxygen atoms in total. The molecule has 1 aliphatic heterocycles. The molecule has 0 saturated carbocycles. The Balaban J connectivity index is 2.25. The summed E-state index contributed by atoms with van der Waals surface area (Å²) in [5, 5.41) is 3.36. The van der Waals surface area contributed by atoms with Gasteiger partial charge in [0.1, 0.15) is 0 Å². The normalized spacial score (nSPS) is 22.2. The summed E-state index contributed by atoms with van der Waals surface area (Å²) in [4.78, 5) is 3.72. The number of rotatable bonds is 1. The zero-order valence-corrected chi connectivity index (χ0v) is 7.68. The van der Waals surface area contributed by atoms with Gasteiger partial charge in [-0.1, -0.05) is 0 Å².